The van der Waals surface area contributed by atoms with Crippen LogP contribution in [0.25, 0.3) is 0 Å². The van der Waals surface area contributed by atoms with E-state index >= 15 is 0 Å². The molecule has 1 atom stereocenters. The number of Topliss-reactive ketones (excluding diaryl/α,β-unsaturated/α-hetero) is 1. The van der Waals surface area contributed by atoms with Crippen LogP contribution in [-0.4, -0.2) is 18.2 Å². The average Bonchev–Trinajstić information content (AvgIpc) is 2.40. The van der Waals surface area contributed by atoms with E-state index < -0.39 is 5.92 Å². The first-order valence-electron chi connectivity index (χ1n) is 7.60. The molecule has 1 aliphatic rings. The van der Waals surface area contributed by atoms with Gasteiger partial charge in [-0.1, -0.05) is 51.5 Å². The van der Waals surface area contributed by atoms with Crippen molar-refractivity contribution in [1.82, 2.24) is 5.32 Å². The molecule has 0 spiro atoms. The predicted octanol–water partition coefficient (Wildman–Crippen LogP) is 3.39. The smallest absolute Gasteiger partial charge is 0.230 e. The number of carbonyl (C=O) groups is 2. The lowest BCUT2D eigenvalue weighted by Gasteiger charge is -2.15. The summed E-state index contributed by atoms with van der Waals surface area (Å²) in [5.74, 6) is -0.710. The van der Waals surface area contributed by atoms with E-state index in [1.807, 2.05) is 0 Å². The fraction of sp³-hybridized carbons (Fsp3) is 0.750. The molecular formula is C16H27NO2. The summed E-state index contributed by atoms with van der Waals surface area (Å²) in [6, 6.07) is 0. The van der Waals surface area contributed by atoms with Gasteiger partial charge >= 0.3 is 0 Å². The number of ketones is 1. The molecule has 0 aliphatic carbocycles. The summed E-state index contributed by atoms with van der Waals surface area (Å²) in [6.45, 7) is 6.06. The maximum atomic E-state index is 12.1. The fourth-order valence-electron chi connectivity index (χ4n) is 2.55. The fourth-order valence-corrected chi connectivity index (χ4v) is 2.55. The van der Waals surface area contributed by atoms with Gasteiger partial charge in [-0.2, -0.15) is 0 Å². The maximum Gasteiger partial charge on any atom is 0.230 e. The number of rotatable bonds is 2. The molecular weight excluding hydrogens is 238 g/mol. The van der Waals surface area contributed by atoms with Gasteiger partial charge in [0.05, 0.1) is 0 Å². The van der Waals surface area contributed by atoms with Crippen LogP contribution in [0.1, 0.15) is 64.7 Å². The van der Waals surface area contributed by atoms with E-state index in [0.29, 0.717) is 18.5 Å². The van der Waals surface area contributed by atoms with Crippen LogP contribution in [0.15, 0.2) is 12.2 Å². The van der Waals surface area contributed by atoms with E-state index in [1.165, 1.54) is 32.1 Å². The van der Waals surface area contributed by atoms with Gasteiger partial charge in [0.2, 0.25) is 5.91 Å². The summed E-state index contributed by atoms with van der Waals surface area (Å²) >= 11 is 0. The SMILES string of the molecule is C=C(C)C(=O)C1CCCCCCCCCCNC1=O. The van der Waals surface area contributed by atoms with Crippen molar-refractivity contribution < 1.29 is 9.59 Å². The molecule has 1 heterocycles. The number of nitrogens with one attached hydrogen (secondary N) is 1. The summed E-state index contributed by atoms with van der Waals surface area (Å²) in [4.78, 5) is 24.1. The zero-order chi connectivity index (χ0) is 14.1. The van der Waals surface area contributed by atoms with Gasteiger partial charge in [0.1, 0.15) is 5.92 Å². The van der Waals surface area contributed by atoms with Crippen molar-refractivity contribution >= 4 is 11.7 Å². The third-order valence-corrected chi connectivity index (χ3v) is 3.77. The Bertz CT molecular complexity index is 323. The highest BCUT2D eigenvalue weighted by atomic mass is 16.2. The van der Waals surface area contributed by atoms with Crippen LogP contribution in [-0.2, 0) is 9.59 Å². The Labute approximate surface area is 116 Å². The molecule has 1 fully saturated rings. The second-order valence-corrected chi connectivity index (χ2v) is 5.61. The van der Waals surface area contributed by atoms with Gasteiger partial charge in [0.15, 0.2) is 5.78 Å². The number of hydrogen-bond acceptors (Lipinski definition) is 2. The third-order valence-electron chi connectivity index (χ3n) is 3.77. The molecule has 0 aromatic heterocycles. The Morgan fingerprint density at radius 3 is 2.16 bits per heavy atom. The highest BCUT2D eigenvalue weighted by Gasteiger charge is 2.25. The number of carbonyl (C=O) groups excluding carboxylic acids is 2. The number of amides is 1. The van der Waals surface area contributed by atoms with Crippen molar-refractivity contribution in [3.8, 4) is 0 Å². The number of allylic oxidation sites excluding steroid dienone is 1. The average molecular weight is 265 g/mol. The quantitative estimate of drug-likeness (QED) is 0.614. The van der Waals surface area contributed by atoms with E-state index in [0.717, 1.165) is 19.3 Å². The minimum Gasteiger partial charge on any atom is -0.355 e. The third kappa shape index (κ3) is 6.04. The van der Waals surface area contributed by atoms with Crippen LogP contribution in [0.5, 0.6) is 0 Å². The second-order valence-electron chi connectivity index (χ2n) is 5.61. The van der Waals surface area contributed by atoms with E-state index in [9.17, 15) is 9.59 Å². The highest BCUT2D eigenvalue weighted by molar-refractivity contribution is 6.09. The van der Waals surface area contributed by atoms with Crippen molar-refractivity contribution in [2.75, 3.05) is 6.54 Å². The molecule has 0 aromatic rings. The Hall–Kier alpha value is -1.12. The molecule has 1 saturated heterocycles. The predicted molar refractivity (Wildman–Crippen MR) is 77.9 cm³/mol. The zero-order valence-corrected chi connectivity index (χ0v) is 12.2. The monoisotopic (exact) mass is 265 g/mol. The molecule has 1 unspecified atom stereocenters. The van der Waals surface area contributed by atoms with Gasteiger partial charge in [-0.25, -0.2) is 0 Å². The van der Waals surface area contributed by atoms with E-state index in [2.05, 4.69) is 11.9 Å². The molecule has 0 radical (unpaired) electrons. The number of hydrogen-bond donors (Lipinski definition) is 1. The Balaban J connectivity index is 2.59. The first kappa shape index (κ1) is 15.9. The van der Waals surface area contributed by atoms with Gasteiger partial charge in [0, 0.05) is 6.54 Å². The van der Waals surface area contributed by atoms with Crippen molar-refractivity contribution in [3.05, 3.63) is 12.2 Å². The summed E-state index contributed by atoms with van der Waals surface area (Å²) in [5, 5.41) is 2.91. The van der Waals surface area contributed by atoms with Crippen LogP contribution in [0.3, 0.4) is 0 Å². The van der Waals surface area contributed by atoms with Crippen molar-refractivity contribution in [2.24, 2.45) is 5.92 Å². The molecule has 1 amide bonds. The first-order chi connectivity index (χ1) is 9.13. The van der Waals surface area contributed by atoms with E-state index in [-0.39, 0.29) is 11.7 Å². The summed E-state index contributed by atoms with van der Waals surface area (Å²) in [6.07, 6.45) is 9.96. The van der Waals surface area contributed by atoms with Crippen LogP contribution < -0.4 is 5.32 Å². The molecule has 0 bridgehead atoms. The molecule has 108 valence electrons. The van der Waals surface area contributed by atoms with Gasteiger partial charge in [-0.3, -0.25) is 9.59 Å². The molecule has 1 rings (SSSR count). The summed E-state index contributed by atoms with van der Waals surface area (Å²) < 4.78 is 0. The molecule has 0 aromatic carbocycles. The molecule has 1 N–H and O–H groups in total. The Morgan fingerprint density at radius 2 is 1.58 bits per heavy atom. The minimum absolute atomic E-state index is 0.0904. The Kier molecular flexibility index (Phi) is 7.46. The molecule has 0 saturated carbocycles. The molecule has 3 heteroatoms. The van der Waals surface area contributed by atoms with Crippen molar-refractivity contribution in [3.63, 3.8) is 0 Å². The first-order valence-corrected chi connectivity index (χ1v) is 7.60. The highest BCUT2D eigenvalue weighted by Crippen LogP contribution is 2.17. The van der Waals surface area contributed by atoms with Gasteiger partial charge in [-0.15, -0.1) is 0 Å². The lowest BCUT2D eigenvalue weighted by molar-refractivity contribution is -0.132. The van der Waals surface area contributed by atoms with Crippen molar-refractivity contribution in [2.45, 2.75) is 64.7 Å². The normalized spacial score (nSPS) is 23.4. The lowest BCUT2D eigenvalue weighted by Crippen LogP contribution is -2.36. The molecule has 19 heavy (non-hydrogen) atoms. The van der Waals surface area contributed by atoms with E-state index in [1.54, 1.807) is 6.92 Å². The zero-order valence-electron chi connectivity index (χ0n) is 12.2. The topological polar surface area (TPSA) is 46.2 Å². The lowest BCUT2D eigenvalue weighted by atomic mass is 9.92. The van der Waals surface area contributed by atoms with E-state index in [4.69, 9.17) is 0 Å². The van der Waals surface area contributed by atoms with Gasteiger partial charge in [-0.05, 0) is 25.3 Å². The summed E-state index contributed by atoms with van der Waals surface area (Å²) in [7, 11) is 0. The second kappa shape index (κ2) is 8.89. The van der Waals surface area contributed by atoms with Crippen LogP contribution in [0.4, 0.5) is 0 Å². The van der Waals surface area contributed by atoms with Crippen LogP contribution >= 0.6 is 0 Å². The van der Waals surface area contributed by atoms with Crippen LogP contribution in [0.2, 0.25) is 0 Å². The van der Waals surface area contributed by atoms with Gasteiger partial charge < -0.3 is 5.32 Å². The Morgan fingerprint density at radius 1 is 1.05 bits per heavy atom. The summed E-state index contributed by atoms with van der Waals surface area (Å²) in [5.41, 5.74) is 0.490. The maximum absolute atomic E-state index is 12.1. The van der Waals surface area contributed by atoms with Crippen molar-refractivity contribution in [1.29, 1.82) is 0 Å². The minimum atomic E-state index is -0.516. The van der Waals surface area contributed by atoms with Gasteiger partial charge in [0.25, 0.3) is 0 Å². The molecule has 1 aliphatic heterocycles. The van der Waals surface area contributed by atoms with Crippen LogP contribution in [0, 0.1) is 5.92 Å². The largest absolute Gasteiger partial charge is 0.355 e. The standard InChI is InChI=1S/C16H27NO2/c1-13(2)15(18)14-11-9-7-5-3-4-6-8-10-12-17-16(14)19/h14H,1,3-12H2,2H3,(H,17,19). The molecule has 3 nitrogen and oxygen atoms in total.